The van der Waals surface area contributed by atoms with Gasteiger partial charge in [0.2, 0.25) is 5.96 Å². The zero-order valence-corrected chi connectivity index (χ0v) is 18.0. The first-order chi connectivity index (χ1) is 15.0. The molecular formula is C23H27N7O. The Morgan fingerprint density at radius 3 is 2.81 bits per heavy atom. The van der Waals surface area contributed by atoms with Gasteiger partial charge in [-0.05, 0) is 58.2 Å². The fourth-order valence-corrected chi connectivity index (χ4v) is 3.40. The number of nitrogens with zero attached hydrogens (tertiary/aromatic N) is 5. The third kappa shape index (κ3) is 6.12. The van der Waals surface area contributed by atoms with Gasteiger partial charge in [-0.25, -0.2) is 15.0 Å². The highest BCUT2D eigenvalue weighted by molar-refractivity contribution is 5.88. The summed E-state index contributed by atoms with van der Waals surface area (Å²) in [5, 5.41) is 15.5. The second kappa shape index (κ2) is 10.3. The molecular weight excluding hydrogens is 390 g/mol. The normalized spacial score (nSPS) is 18.6. The monoisotopic (exact) mass is 417 g/mol. The molecule has 0 bridgehead atoms. The Morgan fingerprint density at radius 2 is 2.16 bits per heavy atom. The lowest BCUT2D eigenvalue weighted by Gasteiger charge is -2.14. The Hall–Kier alpha value is -3.73. The van der Waals surface area contributed by atoms with Crippen LogP contribution in [0.3, 0.4) is 0 Å². The zero-order valence-electron chi connectivity index (χ0n) is 18.0. The molecule has 0 aromatic carbocycles. The Labute approximate surface area is 182 Å². The number of anilines is 1. The van der Waals surface area contributed by atoms with Gasteiger partial charge in [0, 0.05) is 30.7 Å². The van der Waals surface area contributed by atoms with E-state index < -0.39 is 0 Å². The second-order valence-electron chi connectivity index (χ2n) is 7.65. The van der Waals surface area contributed by atoms with Crippen molar-refractivity contribution in [3.63, 3.8) is 0 Å². The van der Waals surface area contributed by atoms with Crippen LogP contribution in [0.2, 0.25) is 0 Å². The maximum absolute atomic E-state index is 12.2. The average Bonchev–Trinajstić information content (AvgIpc) is 3.19. The Bertz CT molecular complexity index is 1090. The number of allylic oxidation sites excluding steroid dienone is 1. The second-order valence-corrected chi connectivity index (χ2v) is 7.65. The van der Waals surface area contributed by atoms with E-state index in [4.69, 9.17) is 10.3 Å². The SMILES string of the molecule is CC=NC(=N[C@H]1CC[C@H](Nc2ccc(-n3ccc(C#N)cc3=O)cn2)C1)NC=C(C)C. The lowest BCUT2D eigenvalue weighted by Crippen LogP contribution is -2.20. The van der Waals surface area contributed by atoms with Gasteiger partial charge in [-0.1, -0.05) is 5.57 Å². The van der Waals surface area contributed by atoms with Crippen molar-refractivity contribution in [1.82, 2.24) is 14.9 Å². The number of guanidine groups is 1. The number of pyridine rings is 2. The molecule has 2 N–H and O–H groups in total. The molecule has 2 aromatic rings. The number of nitrogens with one attached hydrogen (secondary N) is 2. The van der Waals surface area contributed by atoms with Crippen LogP contribution in [-0.2, 0) is 0 Å². The third-order valence-electron chi connectivity index (χ3n) is 4.88. The number of aromatic nitrogens is 2. The van der Waals surface area contributed by atoms with Gasteiger partial charge in [0.05, 0.1) is 29.6 Å². The molecule has 8 heteroatoms. The van der Waals surface area contributed by atoms with Crippen LogP contribution < -0.4 is 16.2 Å². The Balaban J connectivity index is 1.62. The summed E-state index contributed by atoms with van der Waals surface area (Å²) in [6.07, 6.45) is 9.76. The molecule has 1 aliphatic rings. The van der Waals surface area contributed by atoms with E-state index in [-0.39, 0.29) is 17.6 Å². The fourth-order valence-electron chi connectivity index (χ4n) is 3.40. The summed E-state index contributed by atoms with van der Waals surface area (Å²) in [6.45, 7) is 5.91. The number of aliphatic imine (C=N–C) groups is 2. The van der Waals surface area contributed by atoms with Gasteiger partial charge >= 0.3 is 0 Å². The largest absolute Gasteiger partial charge is 0.367 e. The van der Waals surface area contributed by atoms with Crippen LogP contribution in [0.25, 0.3) is 5.69 Å². The van der Waals surface area contributed by atoms with Crippen molar-refractivity contribution in [3.05, 3.63) is 64.3 Å². The van der Waals surface area contributed by atoms with Gasteiger partial charge in [-0.15, -0.1) is 0 Å². The van der Waals surface area contributed by atoms with Gasteiger partial charge in [0.15, 0.2) is 0 Å². The number of hydrogen-bond donors (Lipinski definition) is 2. The first-order valence-electron chi connectivity index (χ1n) is 10.3. The van der Waals surface area contributed by atoms with Crippen molar-refractivity contribution in [1.29, 1.82) is 5.26 Å². The van der Waals surface area contributed by atoms with Crippen LogP contribution in [0.5, 0.6) is 0 Å². The summed E-state index contributed by atoms with van der Waals surface area (Å²) in [6, 6.07) is 9.07. The van der Waals surface area contributed by atoms with E-state index in [1.807, 2.05) is 45.2 Å². The standard InChI is InChI=1S/C23H27N7O/c1-4-25-23(27-14-16(2)3)29-19-6-5-18(12-19)28-21-8-7-20(15-26-21)30-10-9-17(13-24)11-22(30)31/h4,7-11,14-15,18-19H,5-6,12H2,1-3H3,(H,26,28)(H,27,29)/t18-,19-/m0/s1. The summed E-state index contributed by atoms with van der Waals surface area (Å²) in [7, 11) is 0. The molecule has 31 heavy (non-hydrogen) atoms. The van der Waals surface area contributed by atoms with Crippen molar-refractivity contribution >= 4 is 18.0 Å². The molecule has 1 aliphatic carbocycles. The molecule has 0 unspecified atom stereocenters. The van der Waals surface area contributed by atoms with Crippen molar-refractivity contribution in [2.75, 3.05) is 5.32 Å². The van der Waals surface area contributed by atoms with E-state index in [0.717, 1.165) is 30.7 Å². The molecule has 2 atom stereocenters. The molecule has 0 aliphatic heterocycles. The Kier molecular flexibility index (Phi) is 7.33. The smallest absolute Gasteiger partial charge is 0.256 e. The maximum Gasteiger partial charge on any atom is 0.256 e. The highest BCUT2D eigenvalue weighted by Gasteiger charge is 2.25. The minimum atomic E-state index is -0.259. The third-order valence-corrected chi connectivity index (χ3v) is 4.88. The fraction of sp³-hybridized carbons (Fsp3) is 0.348. The predicted molar refractivity (Wildman–Crippen MR) is 124 cm³/mol. The van der Waals surface area contributed by atoms with Gasteiger partial charge in [-0.3, -0.25) is 9.36 Å². The van der Waals surface area contributed by atoms with Crippen LogP contribution in [-0.4, -0.2) is 33.8 Å². The first kappa shape index (κ1) is 22.0. The van der Waals surface area contributed by atoms with Crippen LogP contribution in [0.4, 0.5) is 5.82 Å². The van der Waals surface area contributed by atoms with E-state index in [0.29, 0.717) is 17.2 Å². The molecule has 2 aromatic heterocycles. The average molecular weight is 418 g/mol. The Morgan fingerprint density at radius 1 is 1.32 bits per heavy atom. The summed E-state index contributed by atoms with van der Waals surface area (Å²) in [5.74, 6) is 1.39. The van der Waals surface area contributed by atoms with E-state index in [9.17, 15) is 4.79 Å². The number of hydrogen-bond acceptors (Lipinski definition) is 5. The molecule has 1 saturated carbocycles. The summed E-state index contributed by atoms with van der Waals surface area (Å²) >= 11 is 0. The molecule has 3 rings (SSSR count). The summed E-state index contributed by atoms with van der Waals surface area (Å²) in [5.41, 5.74) is 1.89. The molecule has 2 heterocycles. The van der Waals surface area contributed by atoms with E-state index in [1.54, 1.807) is 24.7 Å². The van der Waals surface area contributed by atoms with Crippen LogP contribution in [0, 0.1) is 11.3 Å². The van der Waals surface area contributed by atoms with Crippen molar-refractivity contribution in [2.24, 2.45) is 9.98 Å². The van der Waals surface area contributed by atoms with Gasteiger partial charge < -0.3 is 10.6 Å². The van der Waals surface area contributed by atoms with E-state index >= 15 is 0 Å². The quantitative estimate of drug-likeness (QED) is 0.573. The molecule has 160 valence electrons. The molecule has 0 radical (unpaired) electrons. The first-order valence-corrected chi connectivity index (χ1v) is 10.3. The van der Waals surface area contributed by atoms with Crippen molar-refractivity contribution in [3.8, 4) is 11.8 Å². The summed E-state index contributed by atoms with van der Waals surface area (Å²) < 4.78 is 1.47. The highest BCUT2D eigenvalue weighted by Crippen LogP contribution is 2.25. The molecule has 0 spiro atoms. The molecule has 0 amide bonds. The topological polar surface area (TPSA) is 107 Å². The minimum Gasteiger partial charge on any atom is -0.367 e. The molecule has 0 saturated heterocycles. The van der Waals surface area contributed by atoms with Crippen LogP contribution in [0.15, 0.2) is 63.2 Å². The highest BCUT2D eigenvalue weighted by atomic mass is 16.1. The molecule has 1 fully saturated rings. The van der Waals surface area contributed by atoms with Crippen LogP contribution >= 0.6 is 0 Å². The van der Waals surface area contributed by atoms with Crippen molar-refractivity contribution < 1.29 is 0 Å². The van der Waals surface area contributed by atoms with Crippen LogP contribution in [0.1, 0.15) is 45.6 Å². The zero-order chi connectivity index (χ0) is 22.2. The summed E-state index contributed by atoms with van der Waals surface area (Å²) in [4.78, 5) is 25.7. The van der Waals surface area contributed by atoms with Gasteiger partial charge in [-0.2, -0.15) is 5.26 Å². The van der Waals surface area contributed by atoms with E-state index in [1.165, 1.54) is 10.6 Å². The maximum atomic E-state index is 12.2. The van der Waals surface area contributed by atoms with E-state index in [2.05, 4.69) is 20.6 Å². The van der Waals surface area contributed by atoms with Gasteiger partial charge in [0.25, 0.3) is 5.56 Å². The lowest BCUT2D eigenvalue weighted by molar-refractivity contribution is 0.685. The van der Waals surface area contributed by atoms with Crippen molar-refractivity contribution in [2.45, 2.75) is 52.1 Å². The molecule has 8 nitrogen and oxygen atoms in total. The number of rotatable bonds is 5. The lowest BCUT2D eigenvalue weighted by atomic mass is 10.2. The number of nitriles is 1. The minimum absolute atomic E-state index is 0.200. The predicted octanol–water partition coefficient (Wildman–Crippen LogP) is 3.40. The van der Waals surface area contributed by atoms with Gasteiger partial charge in [0.1, 0.15) is 5.82 Å².